The van der Waals surface area contributed by atoms with Crippen molar-refractivity contribution in [2.75, 3.05) is 19.1 Å². The Morgan fingerprint density at radius 2 is 2.19 bits per heavy atom. The van der Waals surface area contributed by atoms with E-state index in [2.05, 4.69) is 11.9 Å². The van der Waals surface area contributed by atoms with E-state index < -0.39 is 0 Å². The van der Waals surface area contributed by atoms with E-state index in [4.69, 9.17) is 22.7 Å². The molecule has 0 bridgehead atoms. The molecule has 1 aliphatic carbocycles. The van der Waals surface area contributed by atoms with Gasteiger partial charge in [0.15, 0.2) is 0 Å². The molecule has 0 atom stereocenters. The summed E-state index contributed by atoms with van der Waals surface area (Å²) in [5.74, 6) is 0.836. The quantitative estimate of drug-likeness (QED) is 0.811. The number of benzene rings is 1. The zero-order valence-electron chi connectivity index (χ0n) is 9.56. The average molecular weight is 236 g/mol. The Morgan fingerprint density at radius 3 is 2.69 bits per heavy atom. The first-order valence-electron chi connectivity index (χ1n) is 5.34. The third kappa shape index (κ3) is 2.11. The number of nitrogens with two attached hydrogens (primary N) is 1. The van der Waals surface area contributed by atoms with Gasteiger partial charge in [-0.15, -0.1) is 0 Å². The fourth-order valence-corrected chi connectivity index (χ4v) is 1.97. The molecule has 0 heterocycles. The zero-order chi connectivity index (χ0) is 11.7. The van der Waals surface area contributed by atoms with Crippen molar-refractivity contribution < 1.29 is 4.74 Å². The van der Waals surface area contributed by atoms with E-state index >= 15 is 0 Å². The maximum atomic E-state index is 5.73. The Balaban J connectivity index is 2.40. The summed E-state index contributed by atoms with van der Waals surface area (Å²) < 4.78 is 5.23. The number of thiocarbonyl (C=S) groups is 1. The third-order valence-corrected chi connectivity index (χ3v) is 3.16. The summed E-state index contributed by atoms with van der Waals surface area (Å²) in [5, 5.41) is 0. The second-order valence-corrected chi connectivity index (χ2v) is 4.53. The standard InChI is InChI=1S/C12H16N2OS/c1-14(8-3-4-8)11-7-9(15-2)5-6-10(11)12(13)16/h5-8H,3-4H2,1-2H3,(H2,13,16). The lowest BCUT2D eigenvalue weighted by atomic mass is 10.1. The summed E-state index contributed by atoms with van der Waals surface area (Å²) >= 11 is 5.07. The van der Waals surface area contributed by atoms with Crippen LogP contribution in [0.3, 0.4) is 0 Å². The van der Waals surface area contributed by atoms with Gasteiger partial charge in [-0.3, -0.25) is 0 Å². The van der Waals surface area contributed by atoms with Crippen LogP contribution in [0.5, 0.6) is 5.75 Å². The van der Waals surface area contributed by atoms with Crippen LogP contribution in [0.15, 0.2) is 18.2 Å². The van der Waals surface area contributed by atoms with Crippen LogP contribution in [0, 0.1) is 0 Å². The molecule has 86 valence electrons. The van der Waals surface area contributed by atoms with Crippen molar-refractivity contribution in [3.05, 3.63) is 23.8 Å². The lowest BCUT2D eigenvalue weighted by Gasteiger charge is -2.22. The lowest BCUT2D eigenvalue weighted by molar-refractivity contribution is 0.415. The lowest BCUT2D eigenvalue weighted by Crippen LogP contribution is -2.23. The molecule has 0 unspecified atom stereocenters. The van der Waals surface area contributed by atoms with Gasteiger partial charge in [0.2, 0.25) is 0 Å². The molecule has 16 heavy (non-hydrogen) atoms. The van der Waals surface area contributed by atoms with Crippen molar-refractivity contribution in [1.82, 2.24) is 0 Å². The molecular weight excluding hydrogens is 220 g/mol. The average Bonchev–Trinajstić information content (AvgIpc) is 3.11. The highest BCUT2D eigenvalue weighted by Crippen LogP contribution is 2.34. The molecule has 2 N–H and O–H groups in total. The van der Waals surface area contributed by atoms with Crippen molar-refractivity contribution in [2.45, 2.75) is 18.9 Å². The largest absolute Gasteiger partial charge is 0.497 e. The van der Waals surface area contributed by atoms with Gasteiger partial charge in [0.1, 0.15) is 10.7 Å². The molecule has 1 aromatic rings. The first-order chi connectivity index (χ1) is 7.63. The highest BCUT2D eigenvalue weighted by molar-refractivity contribution is 7.80. The first-order valence-corrected chi connectivity index (χ1v) is 5.75. The van der Waals surface area contributed by atoms with Crippen LogP contribution in [0.25, 0.3) is 0 Å². The molecule has 1 aliphatic rings. The van der Waals surface area contributed by atoms with Crippen molar-refractivity contribution >= 4 is 22.9 Å². The van der Waals surface area contributed by atoms with E-state index in [1.54, 1.807) is 7.11 Å². The number of hydrogen-bond acceptors (Lipinski definition) is 3. The van der Waals surface area contributed by atoms with E-state index in [-0.39, 0.29) is 0 Å². The van der Waals surface area contributed by atoms with Crippen molar-refractivity contribution in [2.24, 2.45) is 5.73 Å². The highest BCUT2D eigenvalue weighted by atomic mass is 32.1. The normalized spacial score (nSPS) is 14.6. The van der Waals surface area contributed by atoms with E-state index in [1.807, 2.05) is 18.2 Å². The van der Waals surface area contributed by atoms with Crippen LogP contribution in [0.4, 0.5) is 5.69 Å². The third-order valence-electron chi connectivity index (χ3n) is 2.94. The zero-order valence-corrected chi connectivity index (χ0v) is 10.4. The Kier molecular flexibility index (Phi) is 3.01. The highest BCUT2D eigenvalue weighted by Gasteiger charge is 2.28. The molecule has 4 heteroatoms. The minimum atomic E-state index is 0.435. The molecule has 0 spiro atoms. The van der Waals surface area contributed by atoms with E-state index in [0.29, 0.717) is 11.0 Å². The Morgan fingerprint density at radius 1 is 1.50 bits per heavy atom. The summed E-state index contributed by atoms with van der Waals surface area (Å²) in [5.41, 5.74) is 7.71. The summed E-state index contributed by atoms with van der Waals surface area (Å²) in [4.78, 5) is 2.67. The van der Waals surface area contributed by atoms with Gasteiger partial charge in [0.25, 0.3) is 0 Å². The molecule has 0 radical (unpaired) electrons. The van der Waals surface area contributed by atoms with Gasteiger partial charge in [-0.1, -0.05) is 12.2 Å². The summed E-state index contributed by atoms with van der Waals surface area (Å²) in [6, 6.07) is 6.43. The number of methoxy groups -OCH3 is 1. The van der Waals surface area contributed by atoms with Crippen molar-refractivity contribution in [3.8, 4) is 5.75 Å². The minimum absolute atomic E-state index is 0.435. The van der Waals surface area contributed by atoms with Crippen LogP contribution in [0.2, 0.25) is 0 Å². The number of hydrogen-bond donors (Lipinski definition) is 1. The van der Waals surface area contributed by atoms with Crippen molar-refractivity contribution in [1.29, 1.82) is 0 Å². The molecule has 0 aromatic heterocycles. The molecule has 0 amide bonds. The Bertz CT molecular complexity index is 415. The second-order valence-electron chi connectivity index (χ2n) is 4.09. The van der Waals surface area contributed by atoms with Crippen LogP contribution in [-0.4, -0.2) is 25.2 Å². The minimum Gasteiger partial charge on any atom is -0.497 e. The second kappa shape index (κ2) is 4.29. The maximum Gasteiger partial charge on any atom is 0.120 e. The van der Waals surface area contributed by atoms with Gasteiger partial charge < -0.3 is 15.4 Å². The van der Waals surface area contributed by atoms with Gasteiger partial charge in [-0.2, -0.15) is 0 Å². The molecule has 0 saturated heterocycles. The van der Waals surface area contributed by atoms with Crippen LogP contribution >= 0.6 is 12.2 Å². The summed E-state index contributed by atoms with van der Waals surface area (Å²) in [7, 11) is 3.74. The first kappa shape index (κ1) is 11.2. The van der Waals surface area contributed by atoms with Crippen molar-refractivity contribution in [3.63, 3.8) is 0 Å². The molecule has 1 saturated carbocycles. The Hall–Kier alpha value is -1.29. The van der Waals surface area contributed by atoms with E-state index in [0.717, 1.165) is 17.0 Å². The summed E-state index contributed by atoms with van der Waals surface area (Å²) in [6.45, 7) is 0. The molecular formula is C12H16N2OS. The maximum absolute atomic E-state index is 5.73. The summed E-state index contributed by atoms with van der Waals surface area (Å²) in [6.07, 6.45) is 2.48. The van der Waals surface area contributed by atoms with Crippen LogP contribution in [-0.2, 0) is 0 Å². The molecule has 1 aromatic carbocycles. The van der Waals surface area contributed by atoms with Crippen LogP contribution < -0.4 is 15.4 Å². The molecule has 3 nitrogen and oxygen atoms in total. The predicted octanol–water partition coefficient (Wildman–Crippen LogP) is 1.93. The number of anilines is 1. The smallest absolute Gasteiger partial charge is 0.120 e. The predicted molar refractivity (Wildman–Crippen MR) is 70.3 cm³/mol. The Labute approximate surface area is 101 Å². The van der Waals surface area contributed by atoms with Gasteiger partial charge in [0, 0.05) is 24.7 Å². The van der Waals surface area contributed by atoms with E-state index in [1.165, 1.54) is 12.8 Å². The number of nitrogens with zero attached hydrogens (tertiary/aromatic N) is 1. The van der Waals surface area contributed by atoms with Gasteiger partial charge in [-0.25, -0.2) is 0 Å². The fraction of sp³-hybridized carbons (Fsp3) is 0.417. The fourth-order valence-electron chi connectivity index (χ4n) is 1.80. The monoisotopic (exact) mass is 236 g/mol. The van der Waals surface area contributed by atoms with Crippen LogP contribution in [0.1, 0.15) is 18.4 Å². The number of ether oxygens (including phenoxy) is 1. The van der Waals surface area contributed by atoms with Gasteiger partial charge in [-0.05, 0) is 25.0 Å². The van der Waals surface area contributed by atoms with Gasteiger partial charge >= 0.3 is 0 Å². The topological polar surface area (TPSA) is 38.5 Å². The molecule has 0 aliphatic heterocycles. The SMILES string of the molecule is COc1ccc(C(N)=S)c(N(C)C2CC2)c1. The van der Waals surface area contributed by atoms with E-state index in [9.17, 15) is 0 Å². The molecule has 1 fully saturated rings. The number of rotatable bonds is 4. The van der Waals surface area contributed by atoms with Gasteiger partial charge in [0.05, 0.1) is 12.8 Å². The molecule has 2 rings (SSSR count).